The number of fused-ring (bicyclic) bond motifs is 2. The summed E-state index contributed by atoms with van der Waals surface area (Å²) in [5.74, 6) is 1.34. The van der Waals surface area contributed by atoms with Crippen molar-refractivity contribution >= 4 is 10.0 Å². The fraction of sp³-hybridized carbons (Fsp3) is 0.333. The second-order valence-corrected chi connectivity index (χ2v) is 8.22. The molecule has 0 aromatic heterocycles. The van der Waals surface area contributed by atoms with Gasteiger partial charge in [-0.25, -0.2) is 8.42 Å². The van der Waals surface area contributed by atoms with Crippen LogP contribution in [0.15, 0.2) is 47.4 Å². The van der Waals surface area contributed by atoms with Crippen molar-refractivity contribution in [3.63, 3.8) is 0 Å². The van der Waals surface area contributed by atoms with E-state index in [-0.39, 0.29) is 4.90 Å². The maximum Gasteiger partial charge on any atom is 0.243 e. The SMILES string of the molecule is CN1[C@H](Cc2ccc3c(c2)OCCO3)[C@H](O)c2ccccc2S1(=O)=O. The Morgan fingerprint density at radius 2 is 1.84 bits per heavy atom. The molecule has 0 saturated carbocycles. The molecule has 2 aromatic carbocycles. The van der Waals surface area contributed by atoms with E-state index in [2.05, 4.69) is 0 Å². The van der Waals surface area contributed by atoms with Crippen LogP contribution in [0.2, 0.25) is 0 Å². The molecule has 2 aromatic rings. The van der Waals surface area contributed by atoms with Crippen LogP contribution in [0.1, 0.15) is 17.2 Å². The molecule has 6 nitrogen and oxygen atoms in total. The fourth-order valence-electron chi connectivity index (χ4n) is 3.40. The maximum absolute atomic E-state index is 12.8. The fourth-order valence-corrected chi connectivity index (χ4v) is 4.99. The zero-order valence-electron chi connectivity index (χ0n) is 13.8. The van der Waals surface area contributed by atoms with Gasteiger partial charge in [-0.2, -0.15) is 4.31 Å². The molecular weight excluding hydrogens is 342 g/mol. The molecule has 132 valence electrons. The molecule has 2 aliphatic heterocycles. The smallest absolute Gasteiger partial charge is 0.243 e. The monoisotopic (exact) mass is 361 g/mol. The summed E-state index contributed by atoms with van der Waals surface area (Å²) in [7, 11) is -2.11. The average molecular weight is 361 g/mol. The molecule has 2 atom stereocenters. The summed E-state index contributed by atoms with van der Waals surface area (Å²) in [6.45, 7) is 1.01. The summed E-state index contributed by atoms with van der Waals surface area (Å²) in [4.78, 5) is 0.170. The van der Waals surface area contributed by atoms with Gasteiger partial charge in [0.05, 0.1) is 17.0 Å². The Balaban J connectivity index is 1.69. The summed E-state index contributed by atoms with van der Waals surface area (Å²) in [5.41, 5.74) is 1.33. The zero-order valence-corrected chi connectivity index (χ0v) is 14.6. The number of sulfonamides is 1. The zero-order chi connectivity index (χ0) is 17.6. The van der Waals surface area contributed by atoms with Gasteiger partial charge < -0.3 is 14.6 Å². The molecule has 0 saturated heterocycles. The lowest BCUT2D eigenvalue weighted by Gasteiger charge is -2.37. The molecule has 25 heavy (non-hydrogen) atoms. The average Bonchev–Trinajstić information content (AvgIpc) is 2.64. The van der Waals surface area contributed by atoms with Crippen LogP contribution in [-0.4, -0.2) is 44.1 Å². The number of ether oxygens (including phenoxy) is 2. The van der Waals surface area contributed by atoms with Gasteiger partial charge in [0, 0.05) is 12.6 Å². The van der Waals surface area contributed by atoms with Crippen LogP contribution in [0.25, 0.3) is 0 Å². The Hall–Kier alpha value is -2.09. The number of nitrogens with zero attached hydrogens (tertiary/aromatic N) is 1. The van der Waals surface area contributed by atoms with Gasteiger partial charge in [0.15, 0.2) is 11.5 Å². The molecule has 2 heterocycles. The van der Waals surface area contributed by atoms with Crippen LogP contribution in [0.4, 0.5) is 0 Å². The first-order chi connectivity index (χ1) is 12.0. The predicted octanol–water partition coefficient (Wildman–Crippen LogP) is 1.74. The van der Waals surface area contributed by atoms with Gasteiger partial charge in [-0.1, -0.05) is 24.3 Å². The van der Waals surface area contributed by atoms with Crippen molar-refractivity contribution in [3.8, 4) is 11.5 Å². The largest absolute Gasteiger partial charge is 0.486 e. The molecule has 0 aliphatic carbocycles. The van der Waals surface area contributed by atoms with E-state index in [0.717, 1.165) is 5.56 Å². The number of hydrogen-bond donors (Lipinski definition) is 1. The van der Waals surface area contributed by atoms with Gasteiger partial charge in [-0.15, -0.1) is 0 Å². The minimum atomic E-state index is -3.62. The second kappa shape index (κ2) is 6.01. The molecule has 0 spiro atoms. The second-order valence-electron chi connectivity index (χ2n) is 6.25. The van der Waals surface area contributed by atoms with Crippen LogP contribution in [0.3, 0.4) is 0 Å². The van der Waals surface area contributed by atoms with Crippen molar-refractivity contribution in [2.75, 3.05) is 20.3 Å². The van der Waals surface area contributed by atoms with Gasteiger partial charge in [0.25, 0.3) is 0 Å². The van der Waals surface area contributed by atoms with E-state index in [1.165, 1.54) is 17.4 Å². The third kappa shape index (κ3) is 2.68. The normalized spacial score (nSPS) is 24.6. The standard InChI is InChI=1S/C18H19NO5S/c1-19-14(10-12-6-7-15-16(11-12)24-9-8-23-15)18(20)13-4-2-3-5-17(13)25(19,21)22/h2-7,11,14,18,20H,8-10H2,1H3/t14-,18-/m1/s1. The molecule has 7 heteroatoms. The lowest BCUT2D eigenvalue weighted by Crippen LogP contribution is -2.46. The highest BCUT2D eigenvalue weighted by molar-refractivity contribution is 7.89. The highest BCUT2D eigenvalue weighted by atomic mass is 32.2. The number of likely N-dealkylation sites (N-methyl/N-ethyl adjacent to an activating group) is 1. The van der Waals surface area contributed by atoms with Crippen molar-refractivity contribution in [1.29, 1.82) is 0 Å². The quantitative estimate of drug-likeness (QED) is 0.882. The Morgan fingerprint density at radius 1 is 1.12 bits per heavy atom. The minimum absolute atomic E-state index is 0.170. The van der Waals surface area contributed by atoms with Crippen LogP contribution in [0, 0.1) is 0 Å². The summed E-state index contributed by atoms with van der Waals surface area (Å²) in [6.07, 6.45) is -0.514. The van der Waals surface area contributed by atoms with Crippen molar-refractivity contribution in [1.82, 2.24) is 4.31 Å². The van der Waals surface area contributed by atoms with Crippen molar-refractivity contribution in [2.24, 2.45) is 0 Å². The van der Waals surface area contributed by atoms with Crippen molar-refractivity contribution < 1.29 is 23.0 Å². The first-order valence-electron chi connectivity index (χ1n) is 8.12. The maximum atomic E-state index is 12.8. The molecule has 2 aliphatic rings. The van der Waals surface area contributed by atoms with Crippen LogP contribution in [0.5, 0.6) is 11.5 Å². The summed E-state index contributed by atoms with van der Waals surface area (Å²) in [5, 5.41) is 10.8. The first kappa shape index (κ1) is 16.4. The number of hydrogen-bond acceptors (Lipinski definition) is 5. The topological polar surface area (TPSA) is 76.1 Å². The van der Waals surface area contributed by atoms with Crippen molar-refractivity contribution in [2.45, 2.75) is 23.5 Å². The highest BCUT2D eigenvalue weighted by Crippen LogP contribution is 2.38. The van der Waals surface area contributed by atoms with E-state index in [1.54, 1.807) is 18.2 Å². The third-order valence-electron chi connectivity index (χ3n) is 4.78. The van der Waals surface area contributed by atoms with E-state index in [4.69, 9.17) is 9.47 Å². The van der Waals surface area contributed by atoms with E-state index in [9.17, 15) is 13.5 Å². The predicted molar refractivity (Wildman–Crippen MR) is 91.3 cm³/mol. The third-order valence-corrected chi connectivity index (χ3v) is 6.73. The highest BCUT2D eigenvalue weighted by Gasteiger charge is 2.41. The lowest BCUT2D eigenvalue weighted by molar-refractivity contribution is 0.0891. The summed E-state index contributed by atoms with van der Waals surface area (Å²) < 4.78 is 37.9. The summed E-state index contributed by atoms with van der Waals surface area (Å²) >= 11 is 0. The first-order valence-corrected chi connectivity index (χ1v) is 9.56. The molecule has 0 radical (unpaired) electrons. The van der Waals surface area contributed by atoms with E-state index in [1.807, 2.05) is 18.2 Å². The van der Waals surface area contributed by atoms with Crippen LogP contribution in [-0.2, 0) is 16.4 Å². The van der Waals surface area contributed by atoms with Crippen LogP contribution >= 0.6 is 0 Å². The number of benzene rings is 2. The van der Waals surface area contributed by atoms with E-state index >= 15 is 0 Å². The summed E-state index contributed by atoms with van der Waals surface area (Å²) in [6, 6.07) is 11.6. The molecule has 4 rings (SSSR count). The van der Waals surface area contributed by atoms with Gasteiger partial charge in [-0.05, 0) is 30.2 Å². The molecule has 0 unspecified atom stereocenters. The van der Waals surface area contributed by atoms with Gasteiger partial charge in [-0.3, -0.25) is 0 Å². The van der Waals surface area contributed by atoms with E-state index in [0.29, 0.717) is 36.7 Å². The van der Waals surface area contributed by atoms with Gasteiger partial charge >= 0.3 is 0 Å². The number of aliphatic hydroxyl groups excluding tert-OH is 1. The van der Waals surface area contributed by atoms with Gasteiger partial charge in [0.1, 0.15) is 13.2 Å². The van der Waals surface area contributed by atoms with E-state index < -0.39 is 22.2 Å². The minimum Gasteiger partial charge on any atom is -0.486 e. The van der Waals surface area contributed by atoms with Crippen molar-refractivity contribution in [3.05, 3.63) is 53.6 Å². The number of aliphatic hydroxyl groups is 1. The molecule has 1 N–H and O–H groups in total. The Kier molecular flexibility index (Phi) is 3.94. The lowest BCUT2D eigenvalue weighted by atomic mass is 9.95. The van der Waals surface area contributed by atoms with Crippen LogP contribution < -0.4 is 9.47 Å². The molecule has 0 amide bonds. The Bertz CT molecular complexity index is 911. The molecule has 0 fully saturated rings. The number of rotatable bonds is 2. The molecule has 0 bridgehead atoms. The Labute approximate surface area is 146 Å². The van der Waals surface area contributed by atoms with Gasteiger partial charge in [0.2, 0.25) is 10.0 Å². The molecular formula is C18H19NO5S. The Morgan fingerprint density at radius 3 is 2.64 bits per heavy atom.